The monoisotopic (exact) mass is 286 g/mol. The smallest absolute Gasteiger partial charge is 0.248 e. The van der Waals surface area contributed by atoms with Gasteiger partial charge in [-0.1, -0.05) is 24.3 Å². The van der Waals surface area contributed by atoms with Gasteiger partial charge in [-0.3, -0.25) is 4.79 Å². The van der Waals surface area contributed by atoms with E-state index in [0.29, 0.717) is 12.5 Å². The van der Waals surface area contributed by atoms with Crippen molar-refractivity contribution in [2.75, 3.05) is 31.1 Å². The fourth-order valence-electron chi connectivity index (χ4n) is 2.34. The van der Waals surface area contributed by atoms with Crippen molar-refractivity contribution in [1.82, 2.24) is 10.6 Å². The van der Waals surface area contributed by atoms with Gasteiger partial charge in [0.05, 0.1) is 0 Å². The summed E-state index contributed by atoms with van der Waals surface area (Å²) < 4.78 is 0. The number of carbonyl (C=O) groups excluding carboxylic acids is 1. The molecule has 0 bridgehead atoms. The number of guanidine groups is 1. The summed E-state index contributed by atoms with van der Waals surface area (Å²) in [6.45, 7) is 7.90. The predicted octanol–water partition coefficient (Wildman–Crippen LogP) is 1.32. The highest BCUT2D eigenvalue weighted by atomic mass is 16.2. The topological polar surface area (TPSA) is 56.7 Å². The molecule has 0 fully saturated rings. The van der Waals surface area contributed by atoms with Crippen molar-refractivity contribution in [3.63, 3.8) is 0 Å². The van der Waals surface area contributed by atoms with Crippen LogP contribution in [0.5, 0.6) is 0 Å². The summed E-state index contributed by atoms with van der Waals surface area (Å²) in [6.07, 6.45) is 2.67. The maximum atomic E-state index is 12.3. The highest BCUT2D eigenvalue weighted by molar-refractivity contribution is 5.98. The third kappa shape index (κ3) is 3.84. The molecular formula is C16H22N4O. The first-order valence-electron chi connectivity index (χ1n) is 7.27. The maximum Gasteiger partial charge on any atom is 0.248 e. The number of hydrogen-bond donors (Lipinski definition) is 2. The molecule has 0 spiro atoms. The Kier molecular flexibility index (Phi) is 5.37. The zero-order chi connectivity index (χ0) is 15.1. The normalized spacial score (nSPS) is 13.8. The molecule has 0 aliphatic carbocycles. The Morgan fingerprint density at radius 2 is 2.24 bits per heavy atom. The summed E-state index contributed by atoms with van der Waals surface area (Å²) in [5, 5.41) is 6.19. The number of benzene rings is 1. The lowest BCUT2D eigenvalue weighted by atomic mass is 10.2. The number of hydrogen-bond acceptors (Lipinski definition) is 2. The second kappa shape index (κ2) is 7.47. The molecule has 2 rings (SSSR count). The average Bonchev–Trinajstić information content (AvgIpc) is 2.94. The molecule has 1 aromatic carbocycles. The molecule has 0 atom stereocenters. The zero-order valence-electron chi connectivity index (χ0n) is 12.4. The van der Waals surface area contributed by atoms with Crippen LogP contribution in [-0.4, -0.2) is 38.0 Å². The number of carbonyl (C=O) groups is 1. The lowest BCUT2D eigenvalue weighted by molar-refractivity contribution is -0.117. The van der Waals surface area contributed by atoms with Crippen LogP contribution in [0, 0.1) is 0 Å². The zero-order valence-corrected chi connectivity index (χ0v) is 12.4. The molecule has 1 heterocycles. The molecule has 0 saturated carbocycles. The Morgan fingerprint density at radius 1 is 1.43 bits per heavy atom. The van der Waals surface area contributed by atoms with Gasteiger partial charge in [-0.05, 0) is 25.0 Å². The van der Waals surface area contributed by atoms with E-state index in [9.17, 15) is 4.79 Å². The van der Waals surface area contributed by atoms with Crippen molar-refractivity contribution in [1.29, 1.82) is 0 Å². The van der Waals surface area contributed by atoms with E-state index >= 15 is 0 Å². The second-order valence-corrected chi connectivity index (χ2v) is 4.79. The minimum Gasteiger partial charge on any atom is -0.357 e. The molecule has 112 valence electrons. The summed E-state index contributed by atoms with van der Waals surface area (Å²) in [5.74, 6) is 0.661. The van der Waals surface area contributed by atoms with Gasteiger partial charge in [-0.25, -0.2) is 4.99 Å². The molecule has 0 aromatic heterocycles. The number of anilines is 1. The number of amides is 1. The fraction of sp³-hybridized carbons (Fsp3) is 0.375. The Balaban J connectivity index is 1.99. The minimum absolute atomic E-state index is 0.0238. The van der Waals surface area contributed by atoms with Gasteiger partial charge in [0.15, 0.2) is 5.96 Å². The van der Waals surface area contributed by atoms with Gasteiger partial charge >= 0.3 is 0 Å². The van der Waals surface area contributed by atoms with Gasteiger partial charge in [0.2, 0.25) is 5.91 Å². The SMILES string of the molecule is C=CCNC(=NCC(=O)N1CCc2ccccc21)NCC. The number of para-hydroxylation sites is 1. The van der Waals surface area contributed by atoms with Crippen molar-refractivity contribution >= 4 is 17.6 Å². The van der Waals surface area contributed by atoms with Crippen LogP contribution in [0.4, 0.5) is 5.69 Å². The summed E-state index contributed by atoms with van der Waals surface area (Å²) >= 11 is 0. The van der Waals surface area contributed by atoms with Crippen LogP contribution in [0.2, 0.25) is 0 Å². The van der Waals surface area contributed by atoms with Gasteiger partial charge in [-0.15, -0.1) is 6.58 Å². The summed E-state index contributed by atoms with van der Waals surface area (Å²) in [6, 6.07) is 8.03. The van der Waals surface area contributed by atoms with E-state index in [1.807, 2.05) is 30.0 Å². The van der Waals surface area contributed by atoms with Crippen LogP contribution >= 0.6 is 0 Å². The Hall–Kier alpha value is -2.30. The Morgan fingerprint density at radius 3 is 3.00 bits per heavy atom. The molecular weight excluding hydrogens is 264 g/mol. The largest absolute Gasteiger partial charge is 0.357 e. The molecule has 21 heavy (non-hydrogen) atoms. The van der Waals surface area contributed by atoms with E-state index in [1.54, 1.807) is 6.08 Å². The number of nitrogens with one attached hydrogen (secondary N) is 2. The number of rotatable bonds is 5. The van der Waals surface area contributed by atoms with Crippen molar-refractivity contribution < 1.29 is 4.79 Å². The summed E-state index contributed by atoms with van der Waals surface area (Å²) in [5.41, 5.74) is 2.24. The van der Waals surface area contributed by atoms with Gasteiger partial charge in [0, 0.05) is 25.3 Å². The van der Waals surface area contributed by atoms with E-state index in [0.717, 1.165) is 25.2 Å². The van der Waals surface area contributed by atoms with Crippen LogP contribution in [0.1, 0.15) is 12.5 Å². The molecule has 0 saturated heterocycles. The minimum atomic E-state index is 0.0238. The lowest BCUT2D eigenvalue weighted by Crippen LogP contribution is -2.39. The van der Waals surface area contributed by atoms with E-state index < -0.39 is 0 Å². The molecule has 5 heteroatoms. The quantitative estimate of drug-likeness (QED) is 0.487. The highest BCUT2D eigenvalue weighted by Crippen LogP contribution is 2.27. The van der Waals surface area contributed by atoms with Gasteiger partial charge in [0.25, 0.3) is 0 Å². The lowest BCUT2D eigenvalue weighted by Gasteiger charge is -2.16. The molecule has 0 radical (unpaired) electrons. The third-order valence-electron chi connectivity index (χ3n) is 3.32. The average molecular weight is 286 g/mol. The second-order valence-electron chi connectivity index (χ2n) is 4.79. The Bertz CT molecular complexity index is 539. The van der Waals surface area contributed by atoms with Crippen LogP contribution in [0.25, 0.3) is 0 Å². The molecule has 0 unspecified atom stereocenters. The molecule has 1 amide bonds. The summed E-state index contributed by atoms with van der Waals surface area (Å²) in [7, 11) is 0. The number of nitrogens with zero attached hydrogens (tertiary/aromatic N) is 2. The van der Waals surface area contributed by atoms with Crippen LogP contribution < -0.4 is 15.5 Å². The molecule has 2 N–H and O–H groups in total. The van der Waals surface area contributed by atoms with Gasteiger partial charge < -0.3 is 15.5 Å². The third-order valence-corrected chi connectivity index (χ3v) is 3.32. The Labute approximate surface area is 125 Å². The molecule has 1 aliphatic heterocycles. The molecule has 1 aliphatic rings. The van der Waals surface area contributed by atoms with Crippen LogP contribution in [0.3, 0.4) is 0 Å². The highest BCUT2D eigenvalue weighted by Gasteiger charge is 2.23. The van der Waals surface area contributed by atoms with E-state index in [1.165, 1.54) is 5.56 Å². The first-order chi connectivity index (χ1) is 10.3. The molecule has 5 nitrogen and oxygen atoms in total. The van der Waals surface area contributed by atoms with Gasteiger partial charge in [0.1, 0.15) is 6.54 Å². The molecule has 1 aromatic rings. The maximum absolute atomic E-state index is 12.3. The predicted molar refractivity (Wildman–Crippen MR) is 86.7 cm³/mol. The van der Waals surface area contributed by atoms with Crippen molar-refractivity contribution in [2.24, 2.45) is 4.99 Å². The fourth-order valence-corrected chi connectivity index (χ4v) is 2.34. The van der Waals surface area contributed by atoms with Gasteiger partial charge in [-0.2, -0.15) is 0 Å². The van der Waals surface area contributed by atoms with Crippen molar-refractivity contribution in [2.45, 2.75) is 13.3 Å². The number of fused-ring (bicyclic) bond motifs is 1. The van der Waals surface area contributed by atoms with E-state index in [2.05, 4.69) is 28.3 Å². The van der Waals surface area contributed by atoms with Crippen molar-refractivity contribution in [3.05, 3.63) is 42.5 Å². The van der Waals surface area contributed by atoms with E-state index in [4.69, 9.17) is 0 Å². The summed E-state index contributed by atoms with van der Waals surface area (Å²) in [4.78, 5) is 18.5. The van der Waals surface area contributed by atoms with Crippen LogP contribution in [-0.2, 0) is 11.2 Å². The van der Waals surface area contributed by atoms with Crippen molar-refractivity contribution in [3.8, 4) is 0 Å². The first-order valence-corrected chi connectivity index (χ1v) is 7.27. The standard InChI is InChI=1S/C16H22N4O/c1-3-10-18-16(17-4-2)19-12-15(21)20-11-9-13-7-5-6-8-14(13)20/h3,5-8H,1,4,9-12H2,2H3,(H2,17,18,19). The first kappa shape index (κ1) is 15.1. The number of aliphatic imine (C=N–C) groups is 1. The van der Waals surface area contributed by atoms with E-state index in [-0.39, 0.29) is 12.5 Å². The van der Waals surface area contributed by atoms with Crippen LogP contribution in [0.15, 0.2) is 41.9 Å².